The summed E-state index contributed by atoms with van der Waals surface area (Å²) in [5, 5.41) is 7.60. The highest BCUT2D eigenvalue weighted by atomic mass is 32.2. The van der Waals surface area contributed by atoms with Crippen molar-refractivity contribution in [1.82, 2.24) is 0 Å². The average molecular weight is 114 g/mol. The van der Waals surface area contributed by atoms with Gasteiger partial charge in [-0.1, -0.05) is 0 Å². The van der Waals surface area contributed by atoms with Gasteiger partial charge in [0.25, 0.3) is 0 Å². The largest absolute Gasteiger partial charge is 0.306 e. The zero-order valence-corrected chi connectivity index (χ0v) is 4.66. The lowest BCUT2D eigenvalue weighted by atomic mass is 10.7. The summed E-state index contributed by atoms with van der Waals surface area (Å²) >= 11 is 1.65. The molecule has 3 heteroatoms. The Morgan fingerprint density at radius 3 is 3.00 bits per heavy atom. The molecular weight excluding hydrogens is 108 g/mol. The van der Waals surface area contributed by atoms with E-state index < -0.39 is 0 Å². The zero-order valence-electron chi connectivity index (χ0n) is 3.85. The summed E-state index contributed by atoms with van der Waals surface area (Å²) in [5.41, 5.74) is 0. The van der Waals surface area contributed by atoms with Crippen molar-refractivity contribution >= 4 is 23.0 Å². The van der Waals surface area contributed by atoms with Crippen LogP contribution in [0.3, 0.4) is 0 Å². The van der Waals surface area contributed by atoms with Crippen LogP contribution >= 0.6 is 11.8 Å². The van der Waals surface area contributed by atoms with Gasteiger partial charge in [0.05, 0.1) is 0 Å². The molecule has 0 fully saturated rings. The van der Waals surface area contributed by atoms with Crippen LogP contribution in [0, 0.1) is 5.41 Å². The van der Waals surface area contributed by atoms with Gasteiger partial charge in [-0.15, -0.1) is 11.8 Å². The highest BCUT2D eigenvalue weighted by Gasteiger charge is 2.00. The molecule has 0 saturated heterocycles. The molecule has 0 unspecified atom stereocenters. The molecule has 0 spiro atoms. The molecule has 0 aromatic carbocycles. The zero-order chi connectivity index (χ0) is 5.11. The maximum atomic E-state index is 6.72. The van der Waals surface area contributed by atoms with Crippen LogP contribution in [-0.2, 0) is 0 Å². The predicted octanol–water partition coefficient (Wildman–Crippen LogP) is 0.781. The van der Waals surface area contributed by atoms with Gasteiger partial charge >= 0.3 is 0 Å². The van der Waals surface area contributed by atoms with Crippen LogP contribution in [0.15, 0.2) is 4.99 Å². The summed E-state index contributed by atoms with van der Waals surface area (Å²) in [6.07, 6.45) is 1.30. The molecule has 0 amide bonds. The van der Waals surface area contributed by atoms with Gasteiger partial charge in [0.15, 0.2) is 0 Å². The lowest BCUT2D eigenvalue weighted by molar-refractivity contribution is 1.18. The third-order valence-corrected chi connectivity index (χ3v) is 1.66. The van der Waals surface area contributed by atoms with E-state index in [1.165, 1.54) is 6.21 Å². The van der Waals surface area contributed by atoms with Crippen LogP contribution in [0.4, 0.5) is 0 Å². The highest BCUT2D eigenvalue weighted by molar-refractivity contribution is 8.15. The van der Waals surface area contributed by atoms with E-state index in [0.717, 1.165) is 17.3 Å². The Kier molecular flexibility index (Phi) is 1.46. The van der Waals surface area contributed by atoms with Gasteiger partial charge in [-0.2, -0.15) is 0 Å². The van der Waals surface area contributed by atoms with Crippen molar-refractivity contribution in [3.63, 3.8) is 0 Å². The fourth-order valence-electron chi connectivity index (χ4n) is 0.439. The van der Waals surface area contributed by atoms with Crippen LogP contribution in [0.5, 0.6) is 0 Å². The number of thioether (sulfide) groups is 1. The minimum absolute atomic E-state index is 0.875. The molecule has 38 valence electrons. The number of hydrogen-bond donors (Lipinski definition) is 1. The van der Waals surface area contributed by atoms with E-state index in [-0.39, 0.29) is 0 Å². The summed E-state index contributed by atoms with van der Waals surface area (Å²) in [6.45, 7) is 0.898. The van der Waals surface area contributed by atoms with Crippen LogP contribution in [0.25, 0.3) is 0 Å². The molecule has 1 aliphatic heterocycles. The summed E-state index contributed by atoms with van der Waals surface area (Å²) < 4.78 is 0. The summed E-state index contributed by atoms with van der Waals surface area (Å²) in [7, 11) is 0. The Labute approximate surface area is 46.5 Å². The molecule has 1 heterocycles. The molecule has 1 aliphatic rings. The van der Waals surface area contributed by atoms with Gasteiger partial charge in [0, 0.05) is 18.5 Å². The fraction of sp³-hybridized carbons (Fsp3) is 0.500. The summed E-state index contributed by atoms with van der Waals surface area (Å²) in [4.78, 5) is 3.99. The molecule has 1 rings (SSSR count). The second kappa shape index (κ2) is 2.12. The first-order valence-corrected chi connectivity index (χ1v) is 3.10. The lowest BCUT2D eigenvalue weighted by Gasteiger charge is -1.78. The third kappa shape index (κ3) is 1.03. The Bertz CT molecular complexity index is 108. The quantitative estimate of drug-likeness (QED) is 0.502. The Morgan fingerprint density at radius 1 is 1.86 bits per heavy atom. The van der Waals surface area contributed by atoms with Gasteiger partial charge in [-0.25, -0.2) is 0 Å². The number of nitrogens with zero attached hydrogens (tertiary/aromatic N) is 1. The van der Waals surface area contributed by atoms with E-state index in [1.807, 2.05) is 0 Å². The van der Waals surface area contributed by atoms with E-state index in [4.69, 9.17) is 5.41 Å². The second-order valence-corrected chi connectivity index (χ2v) is 2.33. The van der Waals surface area contributed by atoms with Crippen molar-refractivity contribution in [1.29, 1.82) is 5.41 Å². The topological polar surface area (TPSA) is 36.2 Å². The van der Waals surface area contributed by atoms with E-state index >= 15 is 0 Å². The van der Waals surface area contributed by atoms with Gasteiger partial charge < -0.3 is 5.41 Å². The minimum atomic E-state index is 0.875. The van der Waals surface area contributed by atoms with Gasteiger partial charge in [0.1, 0.15) is 5.04 Å². The van der Waals surface area contributed by atoms with Crippen LogP contribution in [-0.4, -0.2) is 23.6 Å². The molecule has 0 radical (unpaired) electrons. The van der Waals surface area contributed by atoms with Crippen LogP contribution in [0.2, 0.25) is 0 Å². The van der Waals surface area contributed by atoms with Crippen LogP contribution < -0.4 is 0 Å². The van der Waals surface area contributed by atoms with E-state index in [9.17, 15) is 0 Å². The first kappa shape index (κ1) is 4.84. The number of hydrogen-bond acceptors (Lipinski definition) is 3. The van der Waals surface area contributed by atoms with Crippen molar-refractivity contribution in [2.45, 2.75) is 0 Å². The van der Waals surface area contributed by atoms with Crippen molar-refractivity contribution in [2.75, 3.05) is 12.3 Å². The smallest absolute Gasteiger partial charge is 0.108 e. The minimum Gasteiger partial charge on any atom is -0.306 e. The Balaban J connectivity index is 2.51. The SMILES string of the molecule is N=CC1=NCCS1. The Morgan fingerprint density at radius 2 is 2.71 bits per heavy atom. The molecule has 0 aromatic rings. The van der Waals surface area contributed by atoms with Crippen molar-refractivity contribution in [3.05, 3.63) is 0 Å². The predicted molar refractivity (Wildman–Crippen MR) is 33.5 cm³/mol. The van der Waals surface area contributed by atoms with Gasteiger partial charge in [-0.3, -0.25) is 4.99 Å². The molecular formula is C4H6N2S. The first-order valence-electron chi connectivity index (χ1n) is 2.11. The van der Waals surface area contributed by atoms with Crippen molar-refractivity contribution in [2.24, 2.45) is 4.99 Å². The lowest BCUT2D eigenvalue weighted by Crippen LogP contribution is -1.83. The third-order valence-electron chi connectivity index (χ3n) is 0.732. The number of nitrogens with one attached hydrogen (secondary N) is 1. The first-order chi connectivity index (χ1) is 3.43. The number of rotatable bonds is 1. The number of aliphatic imine (C=N–C) groups is 1. The molecule has 0 aliphatic carbocycles. The van der Waals surface area contributed by atoms with E-state index in [1.54, 1.807) is 11.8 Å². The summed E-state index contributed by atoms with van der Waals surface area (Å²) in [5.74, 6) is 1.06. The monoisotopic (exact) mass is 114 g/mol. The van der Waals surface area contributed by atoms with E-state index in [0.29, 0.717) is 0 Å². The molecule has 2 nitrogen and oxygen atoms in total. The van der Waals surface area contributed by atoms with E-state index in [2.05, 4.69) is 4.99 Å². The molecule has 0 atom stereocenters. The standard InChI is InChI=1S/C4H6N2S/c5-3-4-6-1-2-7-4/h3,5H,1-2H2. The maximum Gasteiger partial charge on any atom is 0.108 e. The second-order valence-electron chi connectivity index (χ2n) is 1.21. The van der Waals surface area contributed by atoms with Crippen molar-refractivity contribution in [3.8, 4) is 0 Å². The maximum absolute atomic E-state index is 6.72. The molecule has 7 heavy (non-hydrogen) atoms. The molecule has 0 saturated carbocycles. The molecule has 0 aromatic heterocycles. The Hall–Kier alpha value is -0.310. The molecule has 0 bridgehead atoms. The van der Waals surface area contributed by atoms with Crippen LogP contribution in [0.1, 0.15) is 0 Å². The van der Waals surface area contributed by atoms with Crippen molar-refractivity contribution < 1.29 is 0 Å². The van der Waals surface area contributed by atoms with Gasteiger partial charge in [0.2, 0.25) is 0 Å². The van der Waals surface area contributed by atoms with Gasteiger partial charge in [-0.05, 0) is 0 Å². The molecule has 1 N–H and O–H groups in total. The summed E-state index contributed by atoms with van der Waals surface area (Å²) in [6, 6.07) is 0. The average Bonchev–Trinajstić information content (AvgIpc) is 2.14. The fourth-order valence-corrected chi connectivity index (χ4v) is 1.10. The normalized spacial score (nSPS) is 19.1. The highest BCUT2D eigenvalue weighted by Crippen LogP contribution is 2.08.